The molecule has 0 unspecified atom stereocenters. The van der Waals surface area contributed by atoms with Gasteiger partial charge in [0.05, 0.1) is 24.6 Å². The molecule has 0 aliphatic heterocycles. The van der Waals surface area contributed by atoms with Crippen molar-refractivity contribution in [2.24, 2.45) is 0 Å². The Balaban J connectivity index is 1.99. The van der Waals surface area contributed by atoms with Gasteiger partial charge in [-0.1, -0.05) is 12.1 Å². The number of fused-ring (bicyclic) bond motifs is 1. The molecule has 0 amide bonds. The minimum absolute atomic E-state index is 0.213. The van der Waals surface area contributed by atoms with Gasteiger partial charge in [0.1, 0.15) is 5.82 Å². The maximum absolute atomic E-state index is 12.3. The number of nitrogens with one attached hydrogen (secondary N) is 1. The summed E-state index contributed by atoms with van der Waals surface area (Å²) in [6.07, 6.45) is 0. The van der Waals surface area contributed by atoms with E-state index in [-0.39, 0.29) is 12.2 Å². The monoisotopic (exact) mass is 354 g/mol. The van der Waals surface area contributed by atoms with E-state index in [0.29, 0.717) is 40.4 Å². The van der Waals surface area contributed by atoms with Gasteiger partial charge in [0.2, 0.25) is 0 Å². The Morgan fingerprint density at radius 1 is 1.12 bits per heavy atom. The summed E-state index contributed by atoms with van der Waals surface area (Å²) in [6.45, 7) is 2.04. The van der Waals surface area contributed by atoms with Crippen molar-refractivity contribution in [1.29, 1.82) is 0 Å². The lowest BCUT2D eigenvalue weighted by atomic mass is 10.1. The van der Waals surface area contributed by atoms with Crippen molar-refractivity contribution in [3.8, 4) is 22.9 Å². The standard InChI is InChI=1S/C19H18N2O5/c1-3-25-16-10-12(8-9-15(16)26-11-17(22)24-2)18-20-14-7-5-4-6-13(14)19(23)21-18/h4-10H,3,11H2,1-2H3,(H,20,21,23). The molecule has 7 heteroatoms. The smallest absolute Gasteiger partial charge is 0.343 e. The van der Waals surface area contributed by atoms with Crippen molar-refractivity contribution in [3.63, 3.8) is 0 Å². The van der Waals surface area contributed by atoms with E-state index in [0.717, 1.165) is 0 Å². The highest BCUT2D eigenvalue weighted by molar-refractivity contribution is 5.79. The first kappa shape index (κ1) is 17.5. The zero-order valence-electron chi connectivity index (χ0n) is 14.4. The van der Waals surface area contributed by atoms with Crippen molar-refractivity contribution < 1.29 is 19.0 Å². The third-order valence-corrected chi connectivity index (χ3v) is 3.70. The maximum Gasteiger partial charge on any atom is 0.343 e. The van der Waals surface area contributed by atoms with Crippen molar-refractivity contribution in [2.75, 3.05) is 20.3 Å². The van der Waals surface area contributed by atoms with Gasteiger partial charge < -0.3 is 19.2 Å². The quantitative estimate of drug-likeness (QED) is 0.684. The van der Waals surface area contributed by atoms with Crippen LogP contribution >= 0.6 is 0 Å². The number of carbonyl (C=O) groups is 1. The highest BCUT2D eigenvalue weighted by atomic mass is 16.6. The van der Waals surface area contributed by atoms with E-state index in [2.05, 4.69) is 14.7 Å². The number of H-pyrrole nitrogens is 1. The van der Waals surface area contributed by atoms with Crippen LogP contribution in [-0.4, -0.2) is 36.3 Å². The van der Waals surface area contributed by atoms with Crippen LogP contribution in [0.3, 0.4) is 0 Å². The molecule has 134 valence electrons. The molecule has 3 rings (SSSR count). The fourth-order valence-electron chi connectivity index (χ4n) is 2.46. The molecule has 0 bridgehead atoms. The van der Waals surface area contributed by atoms with E-state index in [9.17, 15) is 9.59 Å². The molecule has 0 saturated carbocycles. The summed E-state index contributed by atoms with van der Waals surface area (Å²) in [5.41, 5.74) is 1.06. The van der Waals surface area contributed by atoms with E-state index < -0.39 is 5.97 Å². The number of methoxy groups -OCH3 is 1. The lowest BCUT2D eigenvalue weighted by Crippen LogP contribution is -2.13. The van der Waals surface area contributed by atoms with Gasteiger partial charge in [-0.3, -0.25) is 4.79 Å². The molecule has 3 aromatic rings. The first-order chi connectivity index (χ1) is 12.6. The van der Waals surface area contributed by atoms with Crippen molar-refractivity contribution in [2.45, 2.75) is 6.92 Å². The first-order valence-corrected chi connectivity index (χ1v) is 8.08. The molecule has 0 saturated heterocycles. The maximum atomic E-state index is 12.3. The summed E-state index contributed by atoms with van der Waals surface area (Å²) in [5.74, 6) is 0.792. The molecular formula is C19H18N2O5. The fourth-order valence-corrected chi connectivity index (χ4v) is 2.46. The number of carbonyl (C=O) groups excluding carboxylic acids is 1. The summed E-state index contributed by atoms with van der Waals surface area (Å²) in [5, 5.41) is 0.527. The predicted molar refractivity (Wildman–Crippen MR) is 96.5 cm³/mol. The summed E-state index contributed by atoms with van der Waals surface area (Å²) in [4.78, 5) is 30.8. The van der Waals surface area contributed by atoms with Gasteiger partial charge in [0.15, 0.2) is 18.1 Å². The Morgan fingerprint density at radius 3 is 2.69 bits per heavy atom. The number of ether oxygens (including phenoxy) is 3. The molecule has 0 aliphatic rings. The highest BCUT2D eigenvalue weighted by Gasteiger charge is 2.12. The van der Waals surface area contributed by atoms with Crippen LogP contribution in [0.4, 0.5) is 0 Å². The fraction of sp³-hybridized carbons (Fsp3) is 0.211. The van der Waals surface area contributed by atoms with Crippen molar-refractivity contribution in [3.05, 3.63) is 52.8 Å². The number of benzene rings is 2. The molecule has 1 N–H and O–H groups in total. The predicted octanol–water partition coefficient (Wildman–Crippen LogP) is 2.54. The number of esters is 1. The van der Waals surface area contributed by atoms with Crippen LogP contribution in [0, 0.1) is 0 Å². The minimum atomic E-state index is -0.489. The Bertz CT molecular complexity index is 997. The first-order valence-electron chi connectivity index (χ1n) is 8.08. The van der Waals surface area contributed by atoms with E-state index in [1.807, 2.05) is 13.0 Å². The van der Waals surface area contributed by atoms with Crippen LogP contribution in [0.15, 0.2) is 47.3 Å². The number of para-hydroxylation sites is 1. The number of nitrogens with zero attached hydrogens (tertiary/aromatic N) is 1. The van der Waals surface area contributed by atoms with E-state index >= 15 is 0 Å². The molecule has 0 radical (unpaired) electrons. The SMILES string of the molecule is CCOc1cc(-c2nc3ccccc3c(=O)[nH]2)ccc1OCC(=O)OC. The summed E-state index contributed by atoms with van der Waals surface area (Å²) in [7, 11) is 1.29. The lowest BCUT2D eigenvalue weighted by Gasteiger charge is -2.13. The van der Waals surface area contributed by atoms with Gasteiger partial charge in [0, 0.05) is 5.56 Å². The van der Waals surface area contributed by atoms with Crippen LogP contribution in [0.25, 0.3) is 22.3 Å². The van der Waals surface area contributed by atoms with Crippen molar-refractivity contribution in [1.82, 2.24) is 9.97 Å². The summed E-state index contributed by atoms with van der Waals surface area (Å²) >= 11 is 0. The van der Waals surface area contributed by atoms with Gasteiger partial charge in [-0.2, -0.15) is 0 Å². The lowest BCUT2D eigenvalue weighted by molar-refractivity contribution is -0.142. The number of aromatic nitrogens is 2. The van der Waals surface area contributed by atoms with Crippen LogP contribution in [-0.2, 0) is 9.53 Å². The summed E-state index contributed by atoms with van der Waals surface area (Å²) in [6, 6.07) is 12.2. The van der Waals surface area contributed by atoms with E-state index in [1.165, 1.54) is 7.11 Å². The van der Waals surface area contributed by atoms with Crippen LogP contribution in [0.5, 0.6) is 11.5 Å². The Labute approximate surface area is 149 Å². The molecular weight excluding hydrogens is 336 g/mol. The zero-order chi connectivity index (χ0) is 18.5. The number of hydrogen-bond acceptors (Lipinski definition) is 6. The topological polar surface area (TPSA) is 90.5 Å². The molecule has 0 atom stereocenters. The number of rotatable bonds is 6. The van der Waals surface area contributed by atoms with Gasteiger partial charge in [-0.05, 0) is 37.3 Å². The number of aromatic amines is 1. The number of hydrogen-bond donors (Lipinski definition) is 1. The summed E-state index contributed by atoms with van der Waals surface area (Å²) < 4.78 is 15.6. The molecule has 7 nitrogen and oxygen atoms in total. The molecule has 2 aromatic carbocycles. The highest BCUT2D eigenvalue weighted by Crippen LogP contribution is 2.31. The Hall–Kier alpha value is -3.35. The normalized spacial score (nSPS) is 10.5. The van der Waals surface area contributed by atoms with E-state index in [4.69, 9.17) is 9.47 Å². The third-order valence-electron chi connectivity index (χ3n) is 3.70. The van der Waals surface area contributed by atoms with Gasteiger partial charge >= 0.3 is 5.97 Å². The molecule has 26 heavy (non-hydrogen) atoms. The average Bonchev–Trinajstić information content (AvgIpc) is 2.67. The zero-order valence-corrected chi connectivity index (χ0v) is 14.4. The van der Waals surface area contributed by atoms with Crippen LogP contribution in [0.1, 0.15) is 6.92 Å². The van der Waals surface area contributed by atoms with Crippen molar-refractivity contribution >= 4 is 16.9 Å². The van der Waals surface area contributed by atoms with Gasteiger partial charge in [0.25, 0.3) is 5.56 Å². The Morgan fingerprint density at radius 2 is 1.92 bits per heavy atom. The van der Waals surface area contributed by atoms with Gasteiger partial charge in [-0.25, -0.2) is 9.78 Å². The van der Waals surface area contributed by atoms with Crippen LogP contribution < -0.4 is 15.0 Å². The largest absolute Gasteiger partial charge is 0.490 e. The molecule has 0 aliphatic carbocycles. The average molecular weight is 354 g/mol. The van der Waals surface area contributed by atoms with Gasteiger partial charge in [-0.15, -0.1) is 0 Å². The molecule has 1 aromatic heterocycles. The van der Waals surface area contributed by atoms with Crippen LogP contribution in [0.2, 0.25) is 0 Å². The second kappa shape index (κ2) is 7.69. The minimum Gasteiger partial charge on any atom is -0.490 e. The molecule has 0 fully saturated rings. The third kappa shape index (κ3) is 3.66. The second-order valence-corrected chi connectivity index (χ2v) is 5.39. The molecule has 0 spiro atoms. The Kier molecular flexibility index (Phi) is 5.17. The van der Waals surface area contributed by atoms with E-state index in [1.54, 1.807) is 36.4 Å². The molecule has 1 heterocycles. The second-order valence-electron chi connectivity index (χ2n) is 5.39.